The fraction of sp³-hybridized carbons (Fsp3) is 0.189. The van der Waals surface area contributed by atoms with Gasteiger partial charge in [0.1, 0.15) is 11.6 Å². The largest absolute Gasteiger partial charge is 0.507 e. The molecule has 0 radical (unpaired) electrons. The summed E-state index contributed by atoms with van der Waals surface area (Å²) in [5.74, 6) is 0.905. The normalized spacial score (nSPS) is 11.5. The van der Waals surface area contributed by atoms with E-state index in [1.165, 1.54) is 11.1 Å². The number of imidazole rings is 1. The van der Waals surface area contributed by atoms with Gasteiger partial charge in [0.25, 0.3) is 0 Å². The van der Waals surface area contributed by atoms with E-state index < -0.39 is 0 Å². The van der Waals surface area contributed by atoms with Gasteiger partial charge >= 0.3 is 0 Å². The number of nitrogens with zero attached hydrogens (tertiary/aromatic N) is 3. The summed E-state index contributed by atoms with van der Waals surface area (Å²) in [6.45, 7) is 13.0. The molecule has 0 spiro atoms. The summed E-state index contributed by atoms with van der Waals surface area (Å²) < 4.78 is 2.19. The first-order valence-electron chi connectivity index (χ1n) is 14.0. The summed E-state index contributed by atoms with van der Waals surface area (Å²) in [5, 5.41) is 10.9. The molecule has 0 fully saturated rings. The molecule has 4 aromatic carbocycles. The molecule has 0 saturated carbocycles. The zero-order chi connectivity index (χ0) is 28.9. The van der Waals surface area contributed by atoms with Crippen LogP contribution in [0.5, 0.6) is 5.75 Å². The molecule has 214 valence electrons. The minimum absolute atomic E-state index is 0. The third-order valence-electron chi connectivity index (χ3n) is 7.68. The van der Waals surface area contributed by atoms with Crippen LogP contribution in [0.25, 0.3) is 50.5 Å². The van der Waals surface area contributed by atoms with E-state index in [0.717, 1.165) is 50.2 Å². The Morgan fingerprint density at radius 3 is 2.14 bits per heavy atom. The van der Waals surface area contributed by atoms with E-state index >= 15 is 0 Å². The van der Waals surface area contributed by atoms with Crippen molar-refractivity contribution in [3.05, 3.63) is 119 Å². The number of hydrogen-bond acceptors (Lipinski definition) is 3. The van der Waals surface area contributed by atoms with E-state index in [9.17, 15) is 5.11 Å². The van der Waals surface area contributed by atoms with E-state index in [4.69, 9.17) is 4.98 Å². The summed E-state index contributed by atoms with van der Waals surface area (Å²) in [6.07, 6.45) is 1.88. The molecule has 1 N–H and O–H groups in total. The fourth-order valence-corrected chi connectivity index (χ4v) is 5.73. The number of hydrogen-bond donors (Lipinski definition) is 1. The van der Waals surface area contributed by atoms with Crippen molar-refractivity contribution in [1.29, 1.82) is 0 Å². The van der Waals surface area contributed by atoms with Crippen molar-refractivity contribution in [2.24, 2.45) is 0 Å². The maximum atomic E-state index is 10.9. The number of phenolic OH excluding ortho intramolecular Hbond substituents is 1. The Morgan fingerprint density at radius 2 is 1.43 bits per heavy atom. The molecule has 6 rings (SSSR count). The van der Waals surface area contributed by atoms with Crippen molar-refractivity contribution in [2.45, 2.75) is 47.0 Å². The Kier molecular flexibility index (Phi) is 7.96. The van der Waals surface area contributed by atoms with E-state index in [-0.39, 0.29) is 32.2 Å². The van der Waals surface area contributed by atoms with Crippen molar-refractivity contribution in [2.75, 3.05) is 0 Å². The molecule has 0 saturated heterocycles. The predicted octanol–water partition coefficient (Wildman–Crippen LogP) is 9.15. The van der Waals surface area contributed by atoms with Crippen LogP contribution in [0.2, 0.25) is 0 Å². The number of pyridine rings is 1. The number of aromatic hydroxyl groups is 1. The standard InChI is InChI=1S/C37H34N3O.Pt/c1-23-19-24(2)35(25(3)20-23)40-32-15-10-14-29(34(32)39-36(40)30-13-7-8-16-33(30)41)26-11-9-12-27(21-26)31-22-28(17-18-38-31)37(4,5)6;/h7-20,22,41H,1-6H3;/q-1;. The first kappa shape index (κ1) is 29.5. The Bertz CT molecular complexity index is 1910. The summed E-state index contributed by atoms with van der Waals surface area (Å²) in [6, 6.07) is 32.1. The summed E-state index contributed by atoms with van der Waals surface area (Å²) in [4.78, 5) is 9.89. The van der Waals surface area contributed by atoms with Gasteiger partial charge in [-0.3, -0.25) is 9.55 Å². The van der Waals surface area contributed by atoms with Gasteiger partial charge in [-0.1, -0.05) is 79.9 Å². The monoisotopic (exact) mass is 731 g/mol. The van der Waals surface area contributed by atoms with Crippen LogP contribution >= 0.6 is 0 Å². The molecule has 5 heteroatoms. The molecular formula is C37H34N3OPt-. The molecule has 0 amide bonds. The number of fused-ring (bicyclic) bond motifs is 1. The van der Waals surface area contributed by atoms with Crippen LogP contribution in [0.15, 0.2) is 91.1 Å². The molecule has 2 heterocycles. The van der Waals surface area contributed by atoms with Gasteiger partial charge < -0.3 is 5.11 Å². The molecule has 42 heavy (non-hydrogen) atoms. The first-order chi connectivity index (χ1) is 19.6. The zero-order valence-corrected chi connectivity index (χ0v) is 27.0. The fourth-order valence-electron chi connectivity index (χ4n) is 5.73. The number of rotatable bonds is 4. The van der Waals surface area contributed by atoms with Crippen LogP contribution in [0.4, 0.5) is 0 Å². The third-order valence-corrected chi connectivity index (χ3v) is 7.68. The molecule has 6 aromatic rings. The Morgan fingerprint density at radius 1 is 0.762 bits per heavy atom. The van der Waals surface area contributed by atoms with Gasteiger partial charge in [-0.05, 0) is 67.1 Å². The quantitative estimate of drug-likeness (QED) is 0.184. The summed E-state index contributed by atoms with van der Waals surface area (Å²) in [5.41, 5.74) is 12.2. The average molecular weight is 732 g/mol. The molecule has 2 aromatic heterocycles. The van der Waals surface area contributed by atoms with Crippen molar-refractivity contribution >= 4 is 11.0 Å². The molecule has 0 unspecified atom stereocenters. The zero-order valence-electron chi connectivity index (χ0n) is 24.8. The average Bonchev–Trinajstić information content (AvgIpc) is 3.31. The summed E-state index contributed by atoms with van der Waals surface area (Å²) >= 11 is 0. The van der Waals surface area contributed by atoms with Crippen LogP contribution in [0, 0.1) is 26.8 Å². The maximum Gasteiger partial charge on any atom is 0.148 e. The van der Waals surface area contributed by atoms with E-state index in [1.54, 1.807) is 6.07 Å². The first-order valence-corrected chi connectivity index (χ1v) is 14.0. The third kappa shape index (κ3) is 5.32. The van der Waals surface area contributed by atoms with Crippen LogP contribution in [-0.4, -0.2) is 19.6 Å². The number of benzene rings is 4. The van der Waals surface area contributed by atoms with Gasteiger partial charge in [0, 0.05) is 33.0 Å². The molecular weight excluding hydrogens is 698 g/mol. The minimum Gasteiger partial charge on any atom is -0.507 e. The molecule has 0 atom stereocenters. The molecule has 0 aliphatic carbocycles. The Balaban J connectivity index is 0.00000353. The van der Waals surface area contributed by atoms with Gasteiger partial charge in [-0.2, -0.15) is 0 Å². The smallest absolute Gasteiger partial charge is 0.148 e. The topological polar surface area (TPSA) is 50.9 Å². The molecule has 0 aliphatic rings. The van der Waals surface area contributed by atoms with Crippen molar-refractivity contribution in [3.8, 4) is 45.2 Å². The van der Waals surface area contributed by atoms with E-state index in [2.05, 4.69) is 118 Å². The van der Waals surface area contributed by atoms with Gasteiger partial charge in [0.15, 0.2) is 0 Å². The van der Waals surface area contributed by atoms with Gasteiger partial charge in [-0.15, -0.1) is 29.8 Å². The van der Waals surface area contributed by atoms with E-state index in [1.807, 2.05) is 24.4 Å². The second-order valence-electron chi connectivity index (χ2n) is 11.9. The van der Waals surface area contributed by atoms with Gasteiger partial charge in [0.05, 0.1) is 22.3 Å². The Hall–Kier alpha value is -4.01. The molecule has 0 bridgehead atoms. The van der Waals surface area contributed by atoms with Crippen LogP contribution in [0.3, 0.4) is 0 Å². The second-order valence-corrected chi connectivity index (χ2v) is 11.9. The van der Waals surface area contributed by atoms with E-state index in [0.29, 0.717) is 11.4 Å². The van der Waals surface area contributed by atoms with Crippen molar-refractivity contribution in [3.63, 3.8) is 0 Å². The predicted molar refractivity (Wildman–Crippen MR) is 169 cm³/mol. The minimum atomic E-state index is 0. The molecule has 4 nitrogen and oxygen atoms in total. The van der Waals surface area contributed by atoms with Crippen LogP contribution < -0.4 is 0 Å². The van der Waals surface area contributed by atoms with Gasteiger partial charge in [0.2, 0.25) is 0 Å². The van der Waals surface area contributed by atoms with Crippen molar-refractivity contribution in [1.82, 2.24) is 14.5 Å². The number of aromatic nitrogens is 3. The summed E-state index contributed by atoms with van der Waals surface area (Å²) in [7, 11) is 0. The maximum absolute atomic E-state index is 10.9. The van der Waals surface area contributed by atoms with Crippen LogP contribution in [-0.2, 0) is 26.5 Å². The van der Waals surface area contributed by atoms with Crippen molar-refractivity contribution < 1.29 is 26.2 Å². The number of aryl methyl sites for hydroxylation is 3. The SMILES string of the molecule is Cc1cc(C)c(-n2c(-c3ccccc3O)nc3c(-c4[c-]c(-c5cc(C(C)(C)C)ccn5)ccc4)cccc32)c(C)c1.[Pt]. The second kappa shape index (κ2) is 11.3. The molecule has 0 aliphatic heterocycles. The van der Waals surface area contributed by atoms with Gasteiger partial charge in [-0.25, -0.2) is 4.98 Å². The Labute approximate surface area is 262 Å². The number of para-hydroxylation sites is 2. The number of phenols is 1. The van der Waals surface area contributed by atoms with Crippen LogP contribution in [0.1, 0.15) is 43.0 Å².